The van der Waals surface area contributed by atoms with Crippen LogP contribution in [0.15, 0.2) is 30.6 Å². The number of benzene rings is 1. The summed E-state index contributed by atoms with van der Waals surface area (Å²) in [6, 6.07) is 5.43. The lowest BCUT2D eigenvalue weighted by molar-refractivity contribution is 0.0725. The Morgan fingerprint density at radius 3 is 2.90 bits per heavy atom. The smallest absolute Gasteiger partial charge is 0.256 e. The summed E-state index contributed by atoms with van der Waals surface area (Å²) in [6.45, 7) is 0.485. The second-order valence-electron chi connectivity index (χ2n) is 5.32. The van der Waals surface area contributed by atoms with E-state index in [2.05, 4.69) is 4.98 Å². The van der Waals surface area contributed by atoms with Crippen LogP contribution in [0.5, 0.6) is 0 Å². The number of carbonyl (C=O) groups is 1. The molecule has 6 heteroatoms. The molecule has 5 nitrogen and oxygen atoms in total. The van der Waals surface area contributed by atoms with E-state index < -0.39 is 0 Å². The van der Waals surface area contributed by atoms with Crippen LogP contribution in [0.3, 0.4) is 0 Å². The summed E-state index contributed by atoms with van der Waals surface area (Å²) in [5.74, 6) is 0.774. The molecule has 21 heavy (non-hydrogen) atoms. The topological polar surface area (TPSA) is 64.2 Å². The molecule has 0 bridgehead atoms. The van der Waals surface area contributed by atoms with Crippen molar-refractivity contribution in [1.82, 2.24) is 14.5 Å². The lowest BCUT2D eigenvalue weighted by Gasteiger charge is -2.23. The van der Waals surface area contributed by atoms with Crippen molar-refractivity contribution in [3.63, 3.8) is 0 Å². The SMILES string of the molecule is Cn1ccnc1CN(C(=O)c1cccc(Cl)c1N)C1CC1. The molecule has 1 fully saturated rings. The van der Waals surface area contributed by atoms with Crippen molar-refractivity contribution in [3.8, 4) is 0 Å². The molecule has 0 spiro atoms. The molecule has 2 aromatic rings. The second-order valence-corrected chi connectivity index (χ2v) is 5.73. The molecule has 0 atom stereocenters. The molecule has 1 amide bonds. The van der Waals surface area contributed by atoms with Crippen molar-refractivity contribution in [2.45, 2.75) is 25.4 Å². The summed E-state index contributed by atoms with van der Waals surface area (Å²) in [7, 11) is 1.92. The quantitative estimate of drug-likeness (QED) is 0.883. The molecule has 1 aliphatic carbocycles. The van der Waals surface area contributed by atoms with Gasteiger partial charge in [0.15, 0.2) is 0 Å². The van der Waals surface area contributed by atoms with Crippen LogP contribution in [0.2, 0.25) is 5.02 Å². The highest BCUT2D eigenvalue weighted by atomic mass is 35.5. The number of carbonyl (C=O) groups excluding carboxylic acids is 1. The Hall–Kier alpha value is -2.01. The van der Waals surface area contributed by atoms with Crippen LogP contribution in [-0.2, 0) is 13.6 Å². The number of aryl methyl sites for hydroxylation is 1. The molecule has 1 aromatic heterocycles. The molecule has 0 radical (unpaired) electrons. The van der Waals surface area contributed by atoms with Gasteiger partial charge in [0, 0.05) is 25.5 Å². The maximum absolute atomic E-state index is 12.8. The highest BCUT2D eigenvalue weighted by Crippen LogP contribution is 2.32. The van der Waals surface area contributed by atoms with Gasteiger partial charge in [-0.25, -0.2) is 4.98 Å². The van der Waals surface area contributed by atoms with E-state index in [-0.39, 0.29) is 11.9 Å². The lowest BCUT2D eigenvalue weighted by atomic mass is 10.1. The third-order valence-corrected chi connectivity index (χ3v) is 4.09. The maximum atomic E-state index is 12.8. The van der Waals surface area contributed by atoms with Crippen LogP contribution in [0.1, 0.15) is 29.0 Å². The van der Waals surface area contributed by atoms with Gasteiger partial charge in [0.25, 0.3) is 5.91 Å². The Bertz CT molecular complexity index is 678. The first-order valence-corrected chi connectivity index (χ1v) is 7.27. The Labute approximate surface area is 128 Å². The van der Waals surface area contributed by atoms with Crippen molar-refractivity contribution in [1.29, 1.82) is 0 Å². The van der Waals surface area contributed by atoms with Gasteiger partial charge in [-0.3, -0.25) is 4.79 Å². The van der Waals surface area contributed by atoms with Crippen LogP contribution >= 0.6 is 11.6 Å². The first-order valence-electron chi connectivity index (χ1n) is 6.89. The monoisotopic (exact) mass is 304 g/mol. The zero-order valence-corrected chi connectivity index (χ0v) is 12.5. The highest BCUT2D eigenvalue weighted by Gasteiger charge is 2.34. The Morgan fingerprint density at radius 1 is 1.52 bits per heavy atom. The number of nitrogen functional groups attached to an aromatic ring is 1. The second kappa shape index (κ2) is 5.41. The molecule has 1 heterocycles. The van der Waals surface area contributed by atoms with Gasteiger partial charge in [-0.05, 0) is 25.0 Å². The minimum Gasteiger partial charge on any atom is -0.397 e. The Morgan fingerprint density at radius 2 is 2.29 bits per heavy atom. The van der Waals surface area contributed by atoms with Crippen LogP contribution in [0, 0.1) is 0 Å². The molecule has 1 aromatic carbocycles. The molecule has 1 aliphatic rings. The fraction of sp³-hybridized carbons (Fsp3) is 0.333. The van der Waals surface area contributed by atoms with Gasteiger partial charge >= 0.3 is 0 Å². The van der Waals surface area contributed by atoms with Gasteiger partial charge in [0.2, 0.25) is 0 Å². The third kappa shape index (κ3) is 2.74. The average Bonchev–Trinajstić information content (AvgIpc) is 3.22. The van der Waals surface area contributed by atoms with E-state index in [9.17, 15) is 4.79 Å². The summed E-state index contributed by atoms with van der Waals surface area (Å²) in [6.07, 6.45) is 5.66. The number of rotatable bonds is 4. The van der Waals surface area contributed by atoms with Gasteiger partial charge in [-0.2, -0.15) is 0 Å². The summed E-state index contributed by atoms with van der Waals surface area (Å²) in [4.78, 5) is 18.9. The molecule has 0 aliphatic heterocycles. The predicted octanol–water partition coefficient (Wildman–Crippen LogP) is 2.46. The number of anilines is 1. The van der Waals surface area contributed by atoms with Gasteiger partial charge in [0.1, 0.15) is 5.82 Å². The van der Waals surface area contributed by atoms with E-state index in [1.165, 1.54) is 0 Å². The minimum atomic E-state index is -0.0829. The summed E-state index contributed by atoms with van der Waals surface area (Å²) in [5.41, 5.74) is 6.75. The predicted molar refractivity (Wildman–Crippen MR) is 82.0 cm³/mol. The van der Waals surface area contributed by atoms with E-state index in [0.717, 1.165) is 18.7 Å². The fourth-order valence-electron chi connectivity index (χ4n) is 2.33. The van der Waals surface area contributed by atoms with Crippen LogP contribution < -0.4 is 5.73 Å². The third-order valence-electron chi connectivity index (χ3n) is 3.76. The number of hydrogen-bond acceptors (Lipinski definition) is 3. The van der Waals surface area contributed by atoms with Crippen molar-refractivity contribution < 1.29 is 4.79 Å². The lowest BCUT2D eigenvalue weighted by Crippen LogP contribution is -2.34. The first kappa shape index (κ1) is 13.9. The van der Waals surface area contributed by atoms with E-state index in [4.69, 9.17) is 17.3 Å². The van der Waals surface area contributed by atoms with Crippen molar-refractivity contribution in [2.75, 3.05) is 5.73 Å². The van der Waals surface area contributed by atoms with Gasteiger partial charge < -0.3 is 15.2 Å². The first-order chi connectivity index (χ1) is 10.1. The fourth-order valence-corrected chi connectivity index (χ4v) is 2.51. The number of nitrogens with zero attached hydrogens (tertiary/aromatic N) is 3. The van der Waals surface area contributed by atoms with Gasteiger partial charge in [0.05, 0.1) is 22.8 Å². The number of hydrogen-bond donors (Lipinski definition) is 1. The van der Waals surface area contributed by atoms with Gasteiger partial charge in [-0.15, -0.1) is 0 Å². The number of aromatic nitrogens is 2. The Kier molecular flexibility index (Phi) is 3.59. The van der Waals surface area contributed by atoms with Gasteiger partial charge in [-0.1, -0.05) is 17.7 Å². The minimum absolute atomic E-state index is 0.0829. The van der Waals surface area contributed by atoms with E-state index >= 15 is 0 Å². The van der Waals surface area contributed by atoms with Crippen LogP contribution in [-0.4, -0.2) is 26.4 Å². The Balaban J connectivity index is 1.89. The number of imidazole rings is 1. The number of para-hydroxylation sites is 1. The molecule has 0 unspecified atom stereocenters. The largest absolute Gasteiger partial charge is 0.397 e. The number of nitrogens with two attached hydrogens (primary N) is 1. The molecule has 2 N–H and O–H groups in total. The van der Waals surface area contributed by atoms with Crippen molar-refractivity contribution >= 4 is 23.2 Å². The number of halogens is 1. The molecule has 0 saturated heterocycles. The number of amides is 1. The average molecular weight is 305 g/mol. The zero-order chi connectivity index (χ0) is 15.0. The van der Waals surface area contributed by atoms with E-state index in [1.54, 1.807) is 24.4 Å². The summed E-state index contributed by atoms with van der Waals surface area (Å²) < 4.78 is 1.92. The molecular weight excluding hydrogens is 288 g/mol. The maximum Gasteiger partial charge on any atom is 0.256 e. The molecule has 1 saturated carbocycles. The van der Waals surface area contributed by atoms with E-state index in [0.29, 0.717) is 22.8 Å². The summed E-state index contributed by atoms with van der Waals surface area (Å²) in [5, 5.41) is 0.411. The van der Waals surface area contributed by atoms with Crippen molar-refractivity contribution in [2.24, 2.45) is 7.05 Å². The zero-order valence-electron chi connectivity index (χ0n) is 11.8. The molecular formula is C15H17ClN4O. The summed E-state index contributed by atoms with van der Waals surface area (Å²) >= 11 is 6.01. The highest BCUT2D eigenvalue weighted by molar-refractivity contribution is 6.33. The van der Waals surface area contributed by atoms with Crippen LogP contribution in [0.25, 0.3) is 0 Å². The van der Waals surface area contributed by atoms with Crippen molar-refractivity contribution in [3.05, 3.63) is 47.0 Å². The van der Waals surface area contributed by atoms with E-state index in [1.807, 2.05) is 22.7 Å². The standard InChI is InChI=1S/C15H17ClN4O/c1-19-8-7-18-13(19)9-20(10-5-6-10)15(21)11-3-2-4-12(16)14(11)17/h2-4,7-8,10H,5-6,9,17H2,1H3. The normalized spacial score (nSPS) is 14.2. The molecule has 3 rings (SSSR count). The van der Waals surface area contributed by atoms with Crippen LogP contribution in [0.4, 0.5) is 5.69 Å². The molecule has 110 valence electrons.